The molecule has 0 aromatic rings. The maximum Gasteiger partial charge on any atom is 0.197 e. The van der Waals surface area contributed by atoms with Gasteiger partial charge in [0.05, 0.1) is 0 Å². The first kappa shape index (κ1) is 13.7. The van der Waals surface area contributed by atoms with Gasteiger partial charge in [-0.2, -0.15) is 0 Å². The highest BCUT2D eigenvalue weighted by atomic mass is 15.3. The average molecular weight is 215 g/mol. The first-order valence-electron chi connectivity index (χ1n) is 4.93. The molecule has 0 spiro atoms. The van der Waals surface area contributed by atoms with E-state index in [2.05, 4.69) is 17.6 Å². The Labute approximate surface area is 89.8 Å². The fourth-order valence-corrected chi connectivity index (χ4v) is 1.13. The molecule has 0 saturated carbocycles. The summed E-state index contributed by atoms with van der Waals surface area (Å²) >= 11 is 0. The van der Waals surface area contributed by atoms with Gasteiger partial charge in [-0.3, -0.25) is 27.6 Å². The minimum Gasteiger partial charge on any atom is -0.370 e. The van der Waals surface area contributed by atoms with Crippen LogP contribution >= 0.6 is 0 Å². The van der Waals surface area contributed by atoms with Crippen LogP contribution in [-0.2, 0) is 0 Å². The highest BCUT2D eigenvalue weighted by Crippen LogP contribution is 2.04. The third kappa shape index (κ3) is 7.71. The number of nitrogens with one attached hydrogen (secondary N) is 4. The summed E-state index contributed by atoms with van der Waals surface area (Å²) in [5, 5.41) is 19.1. The van der Waals surface area contributed by atoms with E-state index in [1.165, 1.54) is 0 Å². The lowest BCUT2D eigenvalue weighted by Gasteiger charge is -2.27. The van der Waals surface area contributed by atoms with Crippen LogP contribution in [0.1, 0.15) is 32.6 Å². The Hall–Kier alpha value is -1.34. The molecule has 0 fully saturated rings. The number of rotatable bonds is 5. The molecule has 7 heteroatoms. The van der Waals surface area contributed by atoms with Crippen molar-refractivity contribution >= 4 is 11.9 Å². The molecule has 0 aromatic heterocycles. The summed E-state index contributed by atoms with van der Waals surface area (Å²) in [6.45, 7) is 2.08. The van der Waals surface area contributed by atoms with Crippen LogP contribution < -0.4 is 27.8 Å². The van der Waals surface area contributed by atoms with E-state index in [9.17, 15) is 0 Å². The quantitative estimate of drug-likeness (QED) is 0.138. The number of hydrogen-bond acceptors (Lipinski definition) is 4. The Balaban J connectivity index is 3.90. The van der Waals surface area contributed by atoms with Gasteiger partial charge in [-0.25, -0.2) is 0 Å². The largest absolute Gasteiger partial charge is 0.370 e. The van der Waals surface area contributed by atoms with E-state index in [0.29, 0.717) is 6.42 Å². The van der Waals surface area contributed by atoms with Crippen molar-refractivity contribution < 1.29 is 0 Å². The normalized spacial score (nSPS) is 10.9. The number of unbranched alkanes of at least 4 members (excludes halogenated alkanes) is 2. The van der Waals surface area contributed by atoms with Gasteiger partial charge < -0.3 is 11.1 Å². The molecular weight excluding hydrogens is 194 g/mol. The van der Waals surface area contributed by atoms with Gasteiger partial charge in [0.25, 0.3) is 0 Å². The molecule has 88 valence electrons. The molecule has 0 rings (SSSR count). The lowest BCUT2D eigenvalue weighted by atomic mass is 10.1. The standard InChI is InChI=1S/C8H21N7/c1-2-3-4-5-8(12,13)15-7(11)14-6(9)10/h2-5,12-13H2,1H3,(H6,9,10,11,14,15). The van der Waals surface area contributed by atoms with Gasteiger partial charge in [0.1, 0.15) is 5.79 Å². The van der Waals surface area contributed by atoms with Crippen LogP contribution in [0, 0.1) is 10.8 Å². The van der Waals surface area contributed by atoms with Crippen molar-refractivity contribution in [1.82, 2.24) is 10.6 Å². The zero-order chi connectivity index (χ0) is 11.9. The topological polar surface area (TPSA) is 150 Å². The molecule has 0 atom stereocenters. The Kier molecular flexibility index (Phi) is 5.65. The smallest absolute Gasteiger partial charge is 0.197 e. The van der Waals surface area contributed by atoms with Crippen molar-refractivity contribution in [2.45, 2.75) is 38.4 Å². The number of nitrogens with two attached hydrogens (primary N) is 3. The maximum absolute atomic E-state index is 7.35. The minimum absolute atomic E-state index is 0.163. The second kappa shape index (κ2) is 6.20. The summed E-state index contributed by atoms with van der Waals surface area (Å²) in [5.41, 5.74) is 16.5. The summed E-state index contributed by atoms with van der Waals surface area (Å²) in [7, 11) is 0. The minimum atomic E-state index is -1.13. The average Bonchev–Trinajstić information content (AvgIpc) is 2.00. The maximum atomic E-state index is 7.35. The van der Waals surface area contributed by atoms with E-state index in [4.69, 9.17) is 28.0 Å². The van der Waals surface area contributed by atoms with E-state index in [0.717, 1.165) is 19.3 Å². The molecule has 0 bridgehead atoms. The van der Waals surface area contributed by atoms with Crippen LogP contribution in [-0.4, -0.2) is 17.7 Å². The highest BCUT2D eigenvalue weighted by Gasteiger charge is 2.19. The van der Waals surface area contributed by atoms with Crippen molar-refractivity contribution in [3.05, 3.63) is 0 Å². The van der Waals surface area contributed by atoms with Crippen molar-refractivity contribution in [1.29, 1.82) is 10.8 Å². The molecule has 0 unspecified atom stereocenters. The molecule has 0 radical (unpaired) electrons. The first-order valence-corrected chi connectivity index (χ1v) is 4.93. The van der Waals surface area contributed by atoms with Gasteiger partial charge >= 0.3 is 0 Å². The molecule has 7 nitrogen and oxygen atoms in total. The van der Waals surface area contributed by atoms with E-state index < -0.39 is 5.79 Å². The Bertz CT molecular complexity index is 223. The molecule has 10 N–H and O–H groups in total. The van der Waals surface area contributed by atoms with Crippen LogP contribution in [0.2, 0.25) is 0 Å². The summed E-state index contributed by atoms with van der Waals surface area (Å²) < 4.78 is 0. The third-order valence-corrected chi connectivity index (χ3v) is 1.81. The molecule has 0 aliphatic rings. The van der Waals surface area contributed by atoms with E-state index >= 15 is 0 Å². The predicted molar refractivity (Wildman–Crippen MR) is 61.2 cm³/mol. The number of guanidine groups is 2. The zero-order valence-electron chi connectivity index (χ0n) is 9.06. The van der Waals surface area contributed by atoms with Gasteiger partial charge in [-0.15, -0.1) is 0 Å². The van der Waals surface area contributed by atoms with Gasteiger partial charge in [-0.05, 0) is 12.8 Å². The summed E-state index contributed by atoms with van der Waals surface area (Å²) in [5.74, 6) is -1.62. The van der Waals surface area contributed by atoms with Crippen molar-refractivity contribution in [2.75, 3.05) is 0 Å². The predicted octanol–water partition coefficient (Wildman–Crippen LogP) is -0.855. The van der Waals surface area contributed by atoms with E-state index in [1.54, 1.807) is 0 Å². The monoisotopic (exact) mass is 215 g/mol. The van der Waals surface area contributed by atoms with Crippen LogP contribution in [0.4, 0.5) is 0 Å². The third-order valence-electron chi connectivity index (χ3n) is 1.81. The molecule has 0 aliphatic heterocycles. The van der Waals surface area contributed by atoms with E-state index in [1.807, 2.05) is 0 Å². The Morgan fingerprint density at radius 1 is 1.27 bits per heavy atom. The fraction of sp³-hybridized carbons (Fsp3) is 0.750. The summed E-state index contributed by atoms with van der Waals surface area (Å²) in [4.78, 5) is 0. The van der Waals surface area contributed by atoms with Crippen LogP contribution in [0.5, 0.6) is 0 Å². The van der Waals surface area contributed by atoms with Crippen molar-refractivity contribution in [3.63, 3.8) is 0 Å². The molecular formula is C8H21N7. The van der Waals surface area contributed by atoms with Crippen LogP contribution in [0.25, 0.3) is 0 Å². The first-order chi connectivity index (χ1) is 6.87. The molecule has 15 heavy (non-hydrogen) atoms. The van der Waals surface area contributed by atoms with Crippen molar-refractivity contribution in [3.8, 4) is 0 Å². The van der Waals surface area contributed by atoms with Crippen LogP contribution in [0.3, 0.4) is 0 Å². The number of hydrogen-bond donors (Lipinski definition) is 7. The summed E-state index contributed by atoms with van der Waals surface area (Å²) in [6.07, 6.45) is 3.58. The van der Waals surface area contributed by atoms with Crippen molar-refractivity contribution in [2.24, 2.45) is 17.2 Å². The lowest BCUT2D eigenvalue weighted by molar-refractivity contribution is 0.359. The zero-order valence-corrected chi connectivity index (χ0v) is 9.06. The molecule has 0 saturated heterocycles. The SMILES string of the molecule is CCCCCC(N)(N)NC(=N)NC(=N)N. The highest BCUT2D eigenvalue weighted by molar-refractivity contribution is 5.95. The molecule has 0 aliphatic carbocycles. The van der Waals surface area contributed by atoms with Crippen LogP contribution in [0.15, 0.2) is 0 Å². The summed E-state index contributed by atoms with van der Waals surface area (Å²) in [6, 6.07) is 0. The van der Waals surface area contributed by atoms with Gasteiger partial charge in [0, 0.05) is 0 Å². The Morgan fingerprint density at radius 2 is 1.87 bits per heavy atom. The second-order valence-electron chi connectivity index (χ2n) is 3.54. The van der Waals surface area contributed by atoms with Gasteiger partial charge in [0.15, 0.2) is 11.9 Å². The van der Waals surface area contributed by atoms with Gasteiger partial charge in [0.2, 0.25) is 0 Å². The fourth-order valence-electron chi connectivity index (χ4n) is 1.13. The lowest BCUT2D eigenvalue weighted by Crippen LogP contribution is -2.65. The van der Waals surface area contributed by atoms with Gasteiger partial charge in [-0.1, -0.05) is 19.8 Å². The molecule has 0 heterocycles. The van der Waals surface area contributed by atoms with E-state index in [-0.39, 0.29) is 11.9 Å². The Morgan fingerprint density at radius 3 is 2.33 bits per heavy atom. The molecule has 0 aromatic carbocycles. The second-order valence-corrected chi connectivity index (χ2v) is 3.54. The molecule has 0 amide bonds.